The molecule has 1 aromatic carbocycles. The van der Waals surface area contributed by atoms with Crippen LogP contribution in [0.15, 0.2) is 12.1 Å². The van der Waals surface area contributed by atoms with Crippen molar-refractivity contribution in [2.75, 3.05) is 31.1 Å². The summed E-state index contributed by atoms with van der Waals surface area (Å²) in [6.07, 6.45) is 6.92. The highest BCUT2D eigenvalue weighted by Gasteiger charge is 2.43. The van der Waals surface area contributed by atoms with Crippen molar-refractivity contribution in [3.63, 3.8) is 0 Å². The van der Waals surface area contributed by atoms with E-state index >= 15 is 4.39 Å². The van der Waals surface area contributed by atoms with Gasteiger partial charge in [-0.25, -0.2) is 18.7 Å². The molecule has 8 rings (SSSR count). The average Bonchev–Trinajstić information content (AvgIpc) is 3.23. The molecule has 0 amide bonds. The Hall–Kier alpha value is -3.42. The SMILES string of the molecule is Oc1cc(F)c(C2CC2)c(-c2nnc3c(N4C[C@@H]5C[C@H]4CN5)nc(C#CC45CCCN4CCC5)nc3c2F)c1. The average molecular weight is 530 g/mol. The van der Waals surface area contributed by atoms with Crippen LogP contribution in [0.2, 0.25) is 0 Å². The van der Waals surface area contributed by atoms with Gasteiger partial charge in [-0.2, -0.15) is 0 Å². The summed E-state index contributed by atoms with van der Waals surface area (Å²) in [7, 11) is 0. The fourth-order valence-electron chi connectivity index (χ4n) is 7.26. The van der Waals surface area contributed by atoms with Crippen molar-refractivity contribution in [2.45, 2.75) is 68.5 Å². The van der Waals surface area contributed by atoms with E-state index in [1.807, 2.05) is 0 Å². The number of aromatic nitrogens is 4. The topological polar surface area (TPSA) is 90.3 Å². The lowest BCUT2D eigenvalue weighted by Gasteiger charge is -2.29. The first-order chi connectivity index (χ1) is 19.0. The van der Waals surface area contributed by atoms with Gasteiger partial charge in [0.1, 0.15) is 22.8 Å². The summed E-state index contributed by atoms with van der Waals surface area (Å²) in [5, 5.41) is 22.3. The molecule has 1 aliphatic carbocycles. The molecule has 200 valence electrons. The van der Waals surface area contributed by atoms with E-state index in [0.717, 1.165) is 77.2 Å². The van der Waals surface area contributed by atoms with Gasteiger partial charge in [-0.3, -0.25) is 4.90 Å². The summed E-state index contributed by atoms with van der Waals surface area (Å²) in [6.45, 7) is 3.69. The molecule has 5 fully saturated rings. The van der Waals surface area contributed by atoms with Gasteiger partial charge in [0.05, 0.1) is 5.54 Å². The molecule has 8 nitrogen and oxygen atoms in total. The molecule has 6 heterocycles. The third-order valence-electron chi connectivity index (χ3n) is 9.26. The second-order valence-electron chi connectivity index (χ2n) is 11.7. The number of aromatic hydroxyl groups is 1. The maximum absolute atomic E-state index is 16.4. The van der Waals surface area contributed by atoms with Crippen LogP contribution in [0.3, 0.4) is 0 Å². The van der Waals surface area contributed by atoms with Gasteiger partial charge in [-0.1, -0.05) is 5.92 Å². The minimum Gasteiger partial charge on any atom is -0.508 e. The number of nitrogens with one attached hydrogen (secondary N) is 1. The van der Waals surface area contributed by atoms with Crippen molar-refractivity contribution >= 4 is 16.9 Å². The second kappa shape index (κ2) is 8.54. The molecule has 2 atom stereocenters. The fourth-order valence-corrected chi connectivity index (χ4v) is 7.26. The van der Waals surface area contributed by atoms with Crippen molar-refractivity contribution < 1.29 is 13.9 Å². The van der Waals surface area contributed by atoms with E-state index in [0.29, 0.717) is 17.4 Å². The zero-order valence-electron chi connectivity index (χ0n) is 21.6. The number of fused-ring (bicyclic) bond motifs is 4. The molecule has 0 spiro atoms. The summed E-state index contributed by atoms with van der Waals surface area (Å²) in [5.41, 5.74) is 0.661. The Morgan fingerprint density at radius 3 is 2.59 bits per heavy atom. The third kappa shape index (κ3) is 3.70. The number of rotatable bonds is 3. The minimum atomic E-state index is -0.692. The maximum atomic E-state index is 16.4. The first-order valence-corrected chi connectivity index (χ1v) is 14.0. The van der Waals surface area contributed by atoms with Crippen LogP contribution in [0.1, 0.15) is 62.3 Å². The van der Waals surface area contributed by atoms with Gasteiger partial charge in [-0.15, -0.1) is 10.2 Å². The fraction of sp³-hybridized carbons (Fsp3) is 0.517. The molecular formula is C29H29F2N7O. The normalized spacial score (nSPS) is 25.3. The maximum Gasteiger partial charge on any atom is 0.207 e. The molecule has 2 N–H and O–H groups in total. The highest BCUT2D eigenvalue weighted by atomic mass is 19.1. The first kappa shape index (κ1) is 23.5. The molecule has 1 saturated carbocycles. The summed E-state index contributed by atoms with van der Waals surface area (Å²) in [6, 6.07) is 3.03. The zero-order chi connectivity index (χ0) is 26.3. The van der Waals surface area contributed by atoms with E-state index in [1.165, 1.54) is 6.07 Å². The highest BCUT2D eigenvalue weighted by molar-refractivity contribution is 5.89. The number of phenolic OH excluding ortho intramolecular Hbond substituents is 1. The van der Waals surface area contributed by atoms with Crippen LogP contribution in [-0.4, -0.2) is 74.0 Å². The Kier molecular flexibility index (Phi) is 5.14. The van der Waals surface area contributed by atoms with Crippen molar-refractivity contribution in [2.24, 2.45) is 0 Å². The van der Waals surface area contributed by atoms with E-state index in [2.05, 4.69) is 42.1 Å². The zero-order valence-corrected chi connectivity index (χ0v) is 21.6. The lowest BCUT2D eigenvalue weighted by molar-refractivity contribution is 0.261. The molecule has 39 heavy (non-hydrogen) atoms. The van der Waals surface area contributed by atoms with Gasteiger partial charge in [0.25, 0.3) is 0 Å². The van der Waals surface area contributed by atoms with E-state index in [4.69, 9.17) is 4.98 Å². The van der Waals surface area contributed by atoms with E-state index in [9.17, 15) is 9.50 Å². The Morgan fingerprint density at radius 2 is 1.87 bits per heavy atom. The Bertz CT molecular complexity index is 1570. The predicted octanol–water partition coefficient (Wildman–Crippen LogP) is 3.48. The van der Waals surface area contributed by atoms with Gasteiger partial charge in [0.15, 0.2) is 17.2 Å². The van der Waals surface area contributed by atoms with Crippen molar-refractivity contribution in [3.05, 3.63) is 35.2 Å². The standard InChI is InChI=1S/C29H29F2N7O/c30-21-13-19(39)12-20(23(21)16-3-4-16)25-24(31)26-27(36-35-25)28(38-15-17-11-18(38)14-32-17)34-22(33-26)5-8-29-6-1-9-37(29)10-2-7-29/h12-13,16-18,32,39H,1-4,6-7,9-11,14-15H2/t17-,18-/m0/s1. The van der Waals surface area contributed by atoms with Crippen molar-refractivity contribution in [1.82, 2.24) is 30.4 Å². The minimum absolute atomic E-state index is 0.0208. The summed E-state index contributed by atoms with van der Waals surface area (Å²) < 4.78 is 31.3. The van der Waals surface area contributed by atoms with Crippen LogP contribution in [0, 0.1) is 23.5 Å². The molecule has 4 aliphatic heterocycles. The summed E-state index contributed by atoms with van der Waals surface area (Å²) in [4.78, 5) is 14.0. The first-order valence-electron chi connectivity index (χ1n) is 14.0. The number of halogens is 2. The van der Waals surface area contributed by atoms with Gasteiger partial charge in [-0.05, 0) is 75.9 Å². The second-order valence-corrected chi connectivity index (χ2v) is 11.7. The van der Waals surface area contributed by atoms with Gasteiger partial charge in [0.2, 0.25) is 5.82 Å². The van der Waals surface area contributed by atoms with E-state index in [1.54, 1.807) is 0 Å². The van der Waals surface area contributed by atoms with E-state index < -0.39 is 11.6 Å². The monoisotopic (exact) mass is 529 g/mol. The molecule has 4 saturated heterocycles. The molecule has 5 aliphatic rings. The predicted molar refractivity (Wildman–Crippen MR) is 141 cm³/mol. The number of benzene rings is 1. The number of nitrogens with zero attached hydrogens (tertiary/aromatic N) is 6. The van der Waals surface area contributed by atoms with Gasteiger partial charge < -0.3 is 15.3 Å². The smallest absolute Gasteiger partial charge is 0.207 e. The van der Waals surface area contributed by atoms with Crippen LogP contribution < -0.4 is 10.2 Å². The lowest BCUT2D eigenvalue weighted by atomic mass is 9.95. The molecule has 0 unspecified atom stereocenters. The number of phenols is 1. The van der Waals surface area contributed by atoms with Crippen molar-refractivity contribution in [3.8, 4) is 28.8 Å². The van der Waals surface area contributed by atoms with Crippen LogP contribution in [0.5, 0.6) is 5.75 Å². The Balaban J connectivity index is 1.30. The highest BCUT2D eigenvalue weighted by Crippen LogP contribution is 2.47. The third-order valence-corrected chi connectivity index (χ3v) is 9.26. The number of hydrogen-bond acceptors (Lipinski definition) is 8. The summed E-state index contributed by atoms with van der Waals surface area (Å²) >= 11 is 0. The Morgan fingerprint density at radius 1 is 1.05 bits per heavy atom. The van der Waals surface area contributed by atoms with Crippen LogP contribution in [-0.2, 0) is 0 Å². The quantitative estimate of drug-likeness (QED) is 0.499. The molecule has 3 aromatic rings. The van der Waals surface area contributed by atoms with Crippen LogP contribution in [0.25, 0.3) is 22.3 Å². The van der Waals surface area contributed by atoms with Crippen LogP contribution in [0.4, 0.5) is 14.6 Å². The van der Waals surface area contributed by atoms with Gasteiger partial charge >= 0.3 is 0 Å². The number of hydrogen-bond donors (Lipinski definition) is 2. The Labute approximate surface area is 224 Å². The van der Waals surface area contributed by atoms with Crippen molar-refractivity contribution in [1.29, 1.82) is 0 Å². The molecule has 10 heteroatoms. The largest absolute Gasteiger partial charge is 0.508 e. The van der Waals surface area contributed by atoms with Crippen LogP contribution >= 0.6 is 0 Å². The summed E-state index contributed by atoms with van der Waals surface area (Å²) in [5.74, 6) is 5.98. The molecule has 0 radical (unpaired) electrons. The van der Waals surface area contributed by atoms with E-state index in [-0.39, 0.29) is 51.4 Å². The molecule has 2 bridgehead atoms. The molecular weight excluding hydrogens is 500 g/mol. The van der Waals surface area contributed by atoms with Gasteiger partial charge in [0, 0.05) is 42.4 Å². The lowest BCUT2D eigenvalue weighted by Crippen LogP contribution is -2.44. The number of anilines is 1. The molecule has 2 aromatic heterocycles. The number of piperazine rings is 1.